The molecule has 4 rings (SSSR count). The molecule has 1 amide bonds. The maximum absolute atomic E-state index is 13.5. The van der Waals surface area contributed by atoms with Crippen LogP contribution in [0.3, 0.4) is 0 Å². The van der Waals surface area contributed by atoms with Crippen LogP contribution in [0.4, 0.5) is 0 Å². The molecule has 3 aromatic heterocycles. The normalized spacial score (nSPS) is 16.0. The van der Waals surface area contributed by atoms with Gasteiger partial charge in [0, 0.05) is 18.5 Å². The highest BCUT2D eigenvalue weighted by Gasteiger charge is 2.25. The van der Waals surface area contributed by atoms with Crippen molar-refractivity contribution >= 4 is 39.2 Å². The number of methoxy groups -OCH3 is 1. The third-order valence-corrected chi connectivity index (χ3v) is 7.36. The van der Waals surface area contributed by atoms with Gasteiger partial charge in [-0.2, -0.15) is 0 Å². The molecule has 0 aromatic carbocycles. The number of hydrogen-bond donors (Lipinski definition) is 1. The van der Waals surface area contributed by atoms with Crippen LogP contribution in [0.2, 0.25) is 0 Å². The van der Waals surface area contributed by atoms with Gasteiger partial charge in [-0.15, -0.1) is 11.3 Å². The van der Waals surface area contributed by atoms with Crippen molar-refractivity contribution < 1.29 is 13.9 Å². The van der Waals surface area contributed by atoms with Gasteiger partial charge >= 0.3 is 0 Å². The fourth-order valence-electron chi connectivity index (χ4n) is 3.69. The van der Waals surface area contributed by atoms with E-state index in [1.165, 1.54) is 16.6 Å². The summed E-state index contributed by atoms with van der Waals surface area (Å²) in [6, 6.07) is 3.64. The minimum absolute atomic E-state index is 0.0502. The highest BCUT2D eigenvalue weighted by atomic mass is 32.2. The van der Waals surface area contributed by atoms with E-state index in [1.807, 2.05) is 6.07 Å². The Labute approximate surface area is 182 Å². The maximum Gasteiger partial charge on any atom is 0.263 e. The van der Waals surface area contributed by atoms with Gasteiger partial charge in [0.25, 0.3) is 5.56 Å². The molecular weight excluding hydrogens is 422 g/mol. The summed E-state index contributed by atoms with van der Waals surface area (Å²) in [5.41, 5.74) is 1.11. The van der Waals surface area contributed by atoms with Crippen LogP contribution in [-0.4, -0.2) is 41.5 Å². The predicted molar refractivity (Wildman–Crippen MR) is 118 cm³/mol. The van der Waals surface area contributed by atoms with E-state index in [1.54, 1.807) is 35.3 Å². The average Bonchev–Trinajstić information content (AvgIpc) is 3.36. The predicted octanol–water partition coefficient (Wildman–Crippen LogP) is 3.08. The van der Waals surface area contributed by atoms with Crippen molar-refractivity contribution in [3.05, 3.63) is 45.0 Å². The third-order valence-electron chi connectivity index (χ3n) is 5.23. The first-order valence-electron chi connectivity index (χ1n) is 10.0. The number of aryl methyl sites for hydroxylation is 1. The first-order valence-corrected chi connectivity index (χ1v) is 11.8. The largest absolute Gasteiger partial charge is 0.467 e. The molecule has 160 valence electrons. The van der Waals surface area contributed by atoms with E-state index in [9.17, 15) is 9.59 Å². The van der Waals surface area contributed by atoms with E-state index >= 15 is 0 Å². The second-order valence-electron chi connectivity index (χ2n) is 7.53. The first kappa shape index (κ1) is 21.1. The van der Waals surface area contributed by atoms with Crippen molar-refractivity contribution in [2.45, 2.75) is 37.9 Å². The van der Waals surface area contributed by atoms with E-state index in [4.69, 9.17) is 14.1 Å². The van der Waals surface area contributed by atoms with E-state index < -0.39 is 0 Å². The van der Waals surface area contributed by atoms with Crippen molar-refractivity contribution in [2.75, 3.05) is 26.0 Å². The maximum atomic E-state index is 13.5. The highest BCUT2D eigenvalue weighted by Crippen LogP contribution is 2.36. The summed E-state index contributed by atoms with van der Waals surface area (Å²) in [7, 11) is 1.59. The summed E-state index contributed by atoms with van der Waals surface area (Å²) < 4.78 is 12.1. The molecular formula is C21H25N3O4S2. The quantitative estimate of drug-likeness (QED) is 0.324. The summed E-state index contributed by atoms with van der Waals surface area (Å²) in [4.78, 5) is 32.5. The lowest BCUT2D eigenvalue weighted by Gasteiger charge is -2.17. The number of rotatable bonds is 8. The molecule has 0 spiro atoms. The molecule has 3 aromatic rings. The lowest BCUT2D eigenvalue weighted by Crippen LogP contribution is -2.29. The summed E-state index contributed by atoms with van der Waals surface area (Å²) in [6.45, 7) is 3.46. The zero-order chi connectivity index (χ0) is 21.1. The van der Waals surface area contributed by atoms with Crippen LogP contribution >= 0.6 is 23.1 Å². The standard InChI is InChI=1S/C21H25N3O4S2/c1-13-5-6-15-16(10-13)30-19-18(15)20(26)24(11-14-4-3-8-28-14)21(23-19)29-12-17(25)22-7-9-27-2/h3-4,8,13H,5-7,9-12H2,1-2H3,(H,22,25). The minimum Gasteiger partial charge on any atom is -0.467 e. The molecule has 30 heavy (non-hydrogen) atoms. The molecule has 9 heteroatoms. The van der Waals surface area contributed by atoms with Crippen molar-refractivity contribution in [3.63, 3.8) is 0 Å². The number of amides is 1. The van der Waals surface area contributed by atoms with E-state index in [-0.39, 0.29) is 17.2 Å². The number of aromatic nitrogens is 2. The summed E-state index contributed by atoms with van der Waals surface area (Å²) in [5.74, 6) is 1.38. The van der Waals surface area contributed by atoms with Crippen LogP contribution < -0.4 is 10.9 Å². The number of carbonyl (C=O) groups excluding carboxylic acids is 1. The molecule has 0 saturated carbocycles. The number of carbonyl (C=O) groups is 1. The fourth-order valence-corrected chi connectivity index (χ4v) is 5.94. The molecule has 1 unspecified atom stereocenters. The number of furan rings is 1. The van der Waals surface area contributed by atoms with E-state index in [0.29, 0.717) is 36.5 Å². The fraction of sp³-hybridized carbons (Fsp3) is 0.476. The van der Waals surface area contributed by atoms with Crippen molar-refractivity contribution in [2.24, 2.45) is 5.92 Å². The van der Waals surface area contributed by atoms with Crippen LogP contribution in [0.15, 0.2) is 32.8 Å². The molecule has 0 bridgehead atoms. The minimum atomic E-state index is -0.116. The Kier molecular flexibility index (Phi) is 6.60. The highest BCUT2D eigenvalue weighted by molar-refractivity contribution is 7.99. The Morgan fingerprint density at radius 3 is 3.13 bits per heavy atom. The molecule has 7 nitrogen and oxygen atoms in total. The Morgan fingerprint density at radius 1 is 1.50 bits per heavy atom. The van der Waals surface area contributed by atoms with Crippen LogP contribution in [-0.2, 0) is 28.9 Å². The SMILES string of the molecule is COCCNC(=O)CSc1nc2sc3c(c2c(=O)n1Cc1ccco1)CCC(C)C3. The van der Waals surface area contributed by atoms with Crippen molar-refractivity contribution in [1.82, 2.24) is 14.9 Å². The molecule has 1 aliphatic rings. The average molecular weight is 448 g/mol. The Balaban J connectivity index is 1.68. The van der Waals surface area contributed by atoms with Crippen molar-refractivity contribution in [1.29, 1.82) is 0 Å². The third kappa shape index (κ3) is 4.48. The first-order chi connectivity index (χ1) is 14.6. The summed E-state index contributed by atoms with van der Waals surface area (Å²) in [6.07, 6.45) is 4.60. The molecule has 0 radical (unpaired) electrons. The number of nitrogens with zero attached hydrogens (tertiary/aromatic N) is 2. The monoisotopic (exact) mass is 447 g/mol. The second-order valence-corrected chi connectivity index (χ2v) is 9.55. The molecule has 0 fully saturated rings. The topological polar surface area (TPSA) is 86.4 Å². The lowest BCUT2D eigenvalue weighted by molar-refractivity contribution is -0.118. The molecule has 1 aliphatic carbocycles. The summed E-state index contributed by atoms with van der Waals surface area (Å²) >= 11 is 2.90. The molecule has 0 aliphatic heterocycles. The number of thioether (sulfide) groups is 1. The van der Waals surface area contributed by atoms with Gasteiger partial charge in [-0.3, -0.25) is 14.2 Å². The number of ether oxygens (including phenoxy) is 1. The van der Waals surface area contributed by atoms with Gasteiger partial charge < -0.3 is 14.5 Å². The second kappa shape index (κ2) is 9.36. The van der Waals surface area contributed by atoms with Crippen LogP contribution in [0, 0.1) is 5.92 Å². The van der Waals surface area contributed by atoms with Gasteiger partial charge in [-0.1, -0.05) is 18.7 Å². The Morgan fingerprint density at radius 2 is 2.37 bits per heavy atom. The zero-order valence-electron chi connectivity index (χ0n) is 17.1. The molecule has 0 saturated heterocycles. The van der Waals surface area contributed by atoms with Gasteiger partial charge in [-0.05, 0) is 42.9 Å². The van der Waals surface area contributed by atoms with E-state index in [0.717, 1.165) is 35.0 Å². The van der Waals surface area contributed by atoms with Gasteiger partial charge in [0.15, 0.2) is 5.16 Å². The Bertz CT molecular complexity index is 1090. The van der Waals surface area contributed by atoms with E-state index in [2.05, 4.69) is 12.2 Å². The van der Waals surface area contributed by atoms with Gasteiger partial charge in [0.2, 0.25) is 5.91 Å². The van der Waals surface area contributed by atoms with Gasteiger partial charge in [0.05, 0.1) is 30.6 Å². The van der Waals surface area contributed by atoms with Crippen LogP contribution in [0.25, 0.3) is 10.2 Å². The van der Waals surface area contributed by atoms with Crippen LogP contribution in [0.5, 0.6) is 0 Å². The van der Waals surface area contributed by atoms with Gasteiger partial charge in [0.1, 0.15) is 10.6 Å². The number of thiophene rings is 1. The number of fused-ring (bicyclic) bond motifs is 3. The summed E-state index contributed by atoms with van der Waals surface area (Å²) in [5, 5.41) is 4.08. The molecule has 1 atom stereocenters. The van der Waals surface area contributed by atoms with Crippen molar-refractivity contribution in [3.8, 4) is 0 Å². The Hall–Kier alpha value is -2.10. The number of nitrogens with one attached hydrogen (secondary N) is 1. The lowest BCUT2D eigenvalue weighted by atomic mass is 9.89. The molecule has 1 N–H and O–H groups in total. The zero-order valence-corrected chi connectivity index (χ0v) is 18.7. The molecule has 3 heterocycles. The smallest absolute Gasteiger partial charge is 0.263 e. The number of hydrogen-bond acceptors (Lipinski definition) is 7. The van der Waals surface area contributed by atoms with Gasteiger partial charge in [-0.25, -0.2) is 4.98 Å². The van der Waals surface area contributed by atoms with Crippen LogP contribution in [0.1, 0.15) is 29.5 Å².